The fourth-order valence-corrected chi connectivity index (χ4v) is 2.00. The summed E-state index contributed by atoms with van der Waals surface area (Å²) in [4.78, 5) is 1.33. The molecule has 0 aliphatic rings. The van der Waals surface area contributed by atoms with E-state index < -0.39 is 0 Å². The van der Waals surface area contributed by atoms with Gasteiger partial charge in [-0.3, -0.25) is 0 Å². The molecule has 0 saturated carbocycles. The molecule has 0 nitrogen and oxygen atoms in total. The standard InChI is InChI=1S/C14H20S/c1-11(2)10-15-13-8-6-12(7-9-13)14(3,4)5/h6-9H,1,10H2,2-5H3. The van der Waals surface area contributed by atoms with Crippen LogP contribution in [0.2, 0.25) is 0 Å². The second-order valence-corrected chi connectivity index (χ2v) is 6.07. The molecule has 1 heteroatoms. The molecule has 0 bridgehead atoms. The van der Waals surface area contributed by atoms with Crippen LogP contribution in [0.4, 0.5) is 0 Å². The largest absolute Gasteiger partial charge is 0.122 e. The highest BCUT2D eigenvalue weighted by atomic mass is 32.2. The van der Waals surface area contributed by atoms with Crippen molar-refractivity contribution in [3.63, 3.8) is 0 Å². The molecule has 1 aromatic carbocycles. The van der Waals surface area contributed by atoms with Crippen LogP contribution in [0.3, 0.4) is 0 Å². The van der Waals surface area contributed by atoms with Gasteiger partial charge in [-0.1, -0.05) is 45.1 Å². The van der Waals surface area contributed by atoms with Gasteiger partial charge in [0.15, 0.2) is 0 Å². The lowest BCUT2D eigenvalue weighted by molar-refractivity contribution is 0.590. The molecule has 1 rings (SSSR count). The third-order valence-corrected chi connectivity index (χ3v) is 3.45. The normalized spacial score (nSPS) is 11.5. The van der Waals surface area contributed by atoms with E-state index in [1.165, 1.54) is 16.0 Å². The fourth-order valence-electron chi connectivity index (χ4n) is 1.26. The van der Waals surface area contributed by atoms with Crippen LogP contribution in [-0.2, 0) is 5.41 Å². The molecule has 0 amide bonds. The van der Waals surface area contributed by atoms with Gasteiger partial charge in [-0.15, -0.1) is 11.8 Å². The molecule has 0 N–H and O–H groups in total. The van der Waals surface area contributed by atoms with E-state index in [4.69, 9.17) is 0 Å². The topological polar surface area (TPSA) is 0 Å². The van der Waals surface area contributed by atoms with Crippen LogP contribution in [0.15, 0.2) is 41.3 Å². The van der Waals surface area contributed by atoms with Gasteiger partial charge in [0.05, 0.1) is 0 Å². The molecule has 0 atom stereocenters. The lowest BCUT2D eigenvalue weighted by atomic mass is 9.87. The minimum Gasteiger partial charge on any atom is -0.122 e. The van der Waals surface area contributed by atoms with Crippen molar-refractivity contribution in [1.29, 1.82) is 0 Å². The molecule has 0 aliphatic carbocycles. The lowest BCUT2D eigenvalue weighted by Crippen LogP contribution is -2.10. The minimum absolute atomic E-state index is 0.248. The second kappa shape index (κ2) is 4.89. The van der Waals surface area contributed by atoms with Crippen LogP contribution >= 0.6 is 11.8 Å². The van der Waals surface area contributed by atoms with Gasteiger partial charge in [-0.05, 0) is 30.0 Å². The summed E-state index contributed by atoms with van der Waals surface area (Å²) in [7, 11) is 0. The van der Waals surface area contributed by atoms with Crippen molar-refractivity contribution in [1.82, 2.24) is 0 Å². The Morgan fingerprint density at radius 2 is 1.73 bits per heavy atom. The van der Waals surface area contributed by atoms with Crippen molar-refractivity contribution >= 4 is 11.8 Å². The molecule has 0 fully saturated rings. The average Bonchev–Trinajstić information content (AvgIpc) is 2.14. The van der Waals surface area contributed by atoms with E-state index in [-0.39, 0.29) is 5.41 Å². The first kappa shape index (κ1) is 12.4. The van der Waals surface area contributed by atoms with E-state index >= 15 is 0 Å². The summed E-state index contributed by atoms with van der Waals surface area (Å²) in [5.41, 5.74) is 2.86. The Kier molecular flexibility index (Phi) is 4.04. The zero-order valence-corrected chi connectivity index (χ0v) is 10.9. The van der Waals surface area contributed by atoms with Gasteiger partial charge in [-0.25, -0.2) is 0 Å². The Balaban J connectivity index is 2.69. The highest BCUT2D eigenvalue weighted by molar-refractivity contribution is 7.99. The van der Waals surface area contributed by atoms with Crippen molar-refractivity contribution in [3.8, 4) is 0 Å². The van der Waals surface area contributed by atoms with E-state index in [0.717, 1.165) is 5.75 Å². The molecule has 0 spiro atoms. The summed E-state index contributed by atoms with van der Waals surface area (Å²) >= 11 is 1.85. The Morgan fingerprint density at radius 3 is 2.13 bits per heavy atom. The van der Waals surface area contributed by atoms with Crippen LogP contribution < -0.4 is 0 Å². The molecule has 0 radical (unpaired) electrons. The Morgan fingerprint density at radius 1 is 1.20 bits per heavy atom. The quantitative estimate of drug-likeness (QED) is 0.527. The molecule has 0 saturated heterocycles. The molecule has 15 heavy (non-hydrogen) atoms. The molecule has 0 heterocycles. The predicted octanol–water partition coefficient (Wildman–Crippen LogP) is 4.65. The van der Waals surface area contributed by atoms with Crippen LogP contribution in [0, 0.1) is 0 Å². The van der Waals surface area contributed by atoms with Crippen LogP contribution in [-0.4, -0.2) is 5.75 Å². The van der Waals surface area contributed by atoms with Gasteiger partial charge in [0, 0.05) is 10.6 Å². The fraction of sp³-hybridized carbons (Fsp3) is 0.429. The molecule has 82 valence electrons. The Labute approximate surface area is 97.8 Å². The summed E-state index contributed by atoms with van der Waals surface area (Å²) in [6.07, 6.45) is 0. The van der Waals surface area contributed by atoms with E-state index in [1.54, 1.807) is 0 Å². The predicted molar refractivity (Wildman–Crippen MR) is 70.7 cm³/mol. The molecular formula is C14H20S. The van der Waals surface area contributed by atoms with E-state index in [2.05, 4.69) is 58.5 Å². The first-order valence-electron chi connectivity index (χ1n) is 5.27. The summed E-state index contributed by atoms with van der Waals surface area (Å²) in [5.74, 6) is 1.01. The van der Waals surface area contributed by atoms with Crippen molar-refractivity contribution < 1.29 is 0 Å². The number of thioether (sulfide) groups is 1. The number of hydrogen-bond donors (Lipinski definition) is 0. The maximum Gasteiger partial charge on any atom is 0.0185 e. The summed E-state index contributed by atoms with van der Waals surface area (Å²) in [6, 6.07) is 8.85. The van der Waals surface area contributed by atoms with Gasteiger partial charge < -0.3 is 0 Å². The highest BCUT2D eigenvalue weighted by Gasteiger charge is 2.12. The molecular weight excluding hydrogens is 200 g/mol. The van der Waals surface area contributed by atoms with Gasteiger partial charge in [-0.2, -0.15) is 0 Å². The van der Waals surface area contributed by atoms with Gasteiger partial charge in [0.25, 0.3) is 0 Å². The maximum atomic E-state index is 3.91. The second-order valence-electron chi connectivity index (χ2n) is 5.02. The smallest absolute Gasteiger partial charge is 0.0185 e. The van der Waals surface area contributed by atoms with Gasteiger partial charge >= 0.3 is 0 Å². The van der Waals surface area contributed by atoms with E-state index in [0.29, 0.717) is 0 Å². The summed E-state index contributed by atoms with van der Waals surface area (Å²) < 4.78 is 0. The SMILES string of the molecule is C=C(C)CSc1ccc(C(C)(C)C)cc1. The highest BCUT2D eigenvalue weighted by Crippen LogP contribution is 2.26. The maximum absolute atomic E-state index is 3.91. The molecule has 1 aromatic rings. The summed E-state index contributed by atoms with van der Waals surface area (Å²) in [6.45, 7) is 12.7. The van der Waals surface area contributed by atoms with Gasteiger partial charge in [0.2, 0.25) is 0 Å². The van der Waals surface area contributed by atoms with Crippen LogP contribution in [0.25, 0.3) is 0 Å². The zero-order valence-electron chi connectivity index (χ0n) is 10.1. The average molecular weight is 220 g/mol. The molecule has 0 aromatic heterocycles. The first-order chi connectivity index (χ1) is 6.89. The van der Waals surface area contributed by atoms with Crippen LogP contribution in [0.5, 0.6) is 0 Å². The third kappa shape index (κ3) is 4.13. The first-order valence-corrected chi connectivity index (χ1v) is 6.26. The van der Waals surface area contributed by atoms with Gasteiger partial charge in [0.1, 0.15) is 0 Å². The molecule has 0 unspecified atom stereocenters. The van der Waals surface area contributed by atoms with Crippen LogP contribution in [0.1, 0.15) is 33.3 Å². The zero-order chi connectivity index (χ0) is 11.5. The van der Waals surface area contributed by atoms with Crippen molar-refractivity contribution in [2.24, 2.45) is 0 Å². The van der Waals surface area contributed by atoms with Crippen molar-refractivity contribution in [2.75, 3.05) is 5.75 Å². The van der Waals surface area contributed by atoms with E-state index in [9.17, 15) is 0 Å². The lowest BCUT2D eigenvalue weighted by Gasteiger charge is -2.19. The number of hydrogen-bond acceptors (Lipinski definition) is 1. The number of benzene rings is 1. The minimum atomic E-state index is 0.248. The summed E-state index contributed by atoms with van der Waals surface area (Å²) in [5, 5.41) is 0. The third-order valence-electron chi connectivity index (χ3n) is 2.21. The van der Waals surface area contributed by atoms with E-state index in [1.807, 2.05) is 11.8 Å². The monoisotopic (exact) mass is 220 g/mol. The van der Waals surface area contributed by atoms with Crippen molar-refractivity contribution in [2.45, 2.75) is 38.0 Å². The Hall–Kier alpha value is -0.690. The van der Waals surface area contributed by atoms with Crippen molar-refractivity contribution in [3.05, 3.63) is 42.0 Å². The molecule has 0 aliphatic heterocycles. The Bertz CT molecular complexity index is 327. The number of rotatable bonds is 3.